The normalized spacial score (nSPS) is 17.7. The van der Waals surface area contributed by atoms with Gasteiger partial charge in [-0.15, -0.1) is 0 Å². The molecule has 1 aromatic rings. The SMILES string of the molecule is CC1(C)C=CC(=O)c2cc(CBr)ccc21. The molecule has 0 fully saturated rings. The van der Waals surface area contributed by atoms with Gasteiger partial charge < -0.3 is 0 Å². The topological polar surface area (TPSA) is 17.1 Å². The van der Waals surface area contributed by atoms with Gasteiger partial charge >= 0.3 is 0 Å². The lowest BCUT2D eigenvalue weighted by Crippen LogP contribution is -2.22. The van der Waals surface area contributed by atoms with Gasteiger partial charge in [0.15, 0.2) is 5.78 Å². The Hall–Kier alpha value is -0.890. The smallest absolute Gasteiger partial charge is 0.185 e. The number of alkyl halides is 1. The number of hydrogen-bond donors (Lipinski definition) is 0. The van der Waals surface area contributed by atoms with E-state index in [4.69, 9.17) is 0 Å². The standard InChI is InChI=1S/C13H13BrO/c1-13(2)6-5-12(15)10-7-9(8-14)3-4-11(10)13/h3-7H,8H2,1-2H3. The molecule has 0 saturated carbocycles. The highest BCUT2D eigenvalue weighted by molar-refractivity contribution is 9.08. The Labute approximate surface area is 98.3 Å². The van der Waals surface area contributed by atoms with Crippen molar-refractivity contribution in [2.24, 2.45) is 0 Å². The third kappa shape index (κ3) is 1.78. The number of hydrogen-bond acceptors (Lipinski definition) is 1. The molecule has 0 radical (unpaired) electrons. The molecule has 0 atom stereocenters. The van der Waals surface area contributed by atoms with E-state index in [0.717, 1.165) is 22.0 Å². The van der Waals surface area contributed by atoms with Crippen molar-refractivity contribution in [2.45, 2.75) is 24.6 Å². The van der Waals surface area contributed by atoms with Crippen LogP contribution in [0.3, 0.4) is 0 Å². The number of carbonyl (C=O) groups excluding carboxylic acids is 1. The van der Waals surface area contributed by atoms with Crippen molar-refractivity contribution in [1.29, 1.82) is 0 Å². The van der Waals surface area contributed by atoms with Crippen LogP contribution in [0.4, 0.5) is 0 Å². The maximum absolute atomic E-state index is 11.7. The Morgan fingerprint density at radius 2 is 2.07 bits per heavy atom. The van der Waals surface area contributed by atoms with Crippen LogP contribution in [0, 0.1) is 0 Å². The molecule has 0 unspecified atom stereocenters. The Morgan fingerprint density at radius 3 is 2.73 bits per heavy atom. The van der Waals surface area contributed by atoms with E-state index < -0.39 is 0 Å². The maximum atomic E-state index is 11.7. The van der Waals surface area contributed by atoms with E-state index in [1.165, 1.54) is 0 Å². The summed E-state index contributed by atoms with van der Waals surface area (Å²) in [5.41, 5.74) is 3.08. The average molecular weight is 265 g/mol. The van der Waals surface area contributed by atoms with Gasteiger partial charge in [-0.3, -0.25) is 4.79 Å². The molecule has 0 aromatic heterocycles. The van der Waals surface area contributed by atoms with Crippen LogP contribution in [0.25, 0.3) is 0 Å². The van der Waals surface area contributed by atoms with E-state index in [2.05, 4.69) is 41.9 Å². The second-order valence-corrected chi connectivity index (χ2v) is 4.99. The minimum atomic E-state index is -0.0336. The largest absolute Gasteiger partial charge is 0.289 e. The van der Waals surface area contributed by atoms with Crippen LogP contribution < -0.4 is 0 Å². The van der Waals surface area contributed by atoms with E-state index in [0.29, 0.717) is 0 Å². The zero-order valence-electron chi connectivity index (χ0n) is 8.88. The first-order valence-electron chi connectivity index (χ1n) is 4.97. The van der Waals surface area contributed by atoms with Crippen LogP contribution in [0.1, 0.15) is 35.3 Å². The Bertz CT molecular complexity index is 444. The van der Waals surface area contributed by atoms with Gasteiger partial charge in [-0.2, -0.15) is 0 Å². The monoisotopic (exact) mass is 264 g/mol. The van der Waals surface area contributed by atoms with E-state index in [-0.39, 0.29) is 11.2 Å². The Kier molecular flexibility index (Phi) is 2.55. The second-order valence-electron chi connectivity index (χ2n) is 4.43. The van der Waals surface area contributed by atoms with Crippen molar-refractivity contribution >= 4 is 21.7 Å². The van der Waals surface area contributed by atoms with Gasteiger partial charge in [0.05, 0.1) is 0 Å². The summed E-state index contributed by atoms with van der Waals surface area (Å²) in [7, 11) is 0. The molecule has 15 heavy (non-hydrogen) atoms. The van der Waals surface area contributed by atoms with Crippen molar-refractivity contribution in [1.82, 2.24) is 0 Å². The molecule has 1 aliphatic carbocycles. The first-order chi connectivity index (χ1) is 7.04. The summed E-state index contributed by atoms with van der Waals surface area (Å²) in [6, 6.07) is 6.12. The molecular weight excluding hydrogens is 252 g/mol. The van der Waals surface area contributed by atoms with Gasteiger partial charge in [0.2, 0.25) is 0 Å². The molecule has 2 heteroatoms. The van der Waals surface area contributed by atoms with E-state index in [1.807, 2.05) is 12.1 Å². The zero-order valence-corrected chi connectivity index (χ0v) is 10.5. The number of halogens is 1. The molecule has 0 spiro atoms. The van der Waals surface area contributed by atoms with Crippen LogP contribution in [0.5, 0.6) is 0 Å². The van der Waals surface area contributed by atoms with Crippen LogP contribution in [0.2, 0.25) is 0 Å². The minimum Gasteiger partial charge on any atom is -0.289 e. The highest BCUT2D eigenvalue weighted by atomic mass is 79.9. The van der Waals surface area contributed by atoms with Crippen molar-refractivity contribution in [3.8, 4) is 0 Å². The van der Waals surface area contributed by atoms with Crippen molar-refractivity contribution in [3.05, 3.63) is 47.0 Å². The second kappa shape index (κ2) is 3.60. The van der Waals surface area contributed by atoms with Crippen LogP contribution in [-0.4, -0.2) is 5.78 Å². The maximum Gasteiger partial charge on any atom is 0.185 e. The summed E-state index contributed by atoms with van der Waals surface area (Å²) < 4.78 is 0. The third-order valence-electron chi connectivity index (χ3n) is 2.85. The molecule has 78 valence electrons. The predicted molar refractivity (Wildman–Crippen MR) is 65.6 cm³/mol. The van der Waals surface area contributed by atoms with Crippen LogP contribution in [0.15, 0.2) is 30.4 Å². The lowest BCUT2D eigenvalue weighted by molar-refractivity contribution is 0.104. The fraction of sp³-hybridized carbons (Fsp3) is 0.308. The molecule has 0 bridgehead atoms. The zero-order chi connectivity index (χ0) is 11.1. The fourth-order valence-electron chi connectivity index (χ4n) is 1.90. The summed E-state index contributed by atoms with van der Waals surface area (Å²) in [6.07, 6.45) is 3.66. The number of fused-ring (bicyclic) bond motifs is 1. The summed E-state index contributed by atoms with van der Waals surface area (Å²) >= 11 is 3.40. The van der Waals surface area contributed by atoms with Crippen molar-refractivity contribution in [3.63, 3.8) is 0 Å². The Balaban J connectivity index is 2.62. The number of rotatable bonds is 1. The van der Waals surface area contributed by atoms with E-state index in [1.54, 1.807) is 6.08 Å². The third-order valence-corrected chi connectivity index (χ3v) is 3.50. The van der Waals surface area contributed by atoms with E-state index in [9.17, 15) is 4.79 Å². The molecule has 1 aromatic carbocycles. The number of allylic oxidation sites excluding steroid dienone is 2. The van der Waals surface area contributed by atoms with Gasteiger partial charge in [0.25, 0.3) is 0 Å². The summed E-state index contributed by atoms with van der Waals surface area (Å²) in [5.74, 6) is 0.118. The van der Waals surface area contributed by atoms with Crippen molar-refractivity contribution < 1.29 is 4.79 Å². The highest BCUT2D eigenvalue weighted by Gasteiger charge is 2.26. The fourth-order valence-corrected chi connectivity index (χ4v) is 2.25. The average Bonchev–Trinajstić information content (AvgIpc) is 2.23. The Morgan fingerprint density at radius 1 is 1.33 bits per heavy atom. The molecule has 1 nitrogen and oxygen atoms in total. The number of ketones is 1. The van der Waals surface area contributed by atoms with Crippen molar-refractivity contribution in [2.75, 3.05) is 0 Å². The van der Waals surface area contributed by atoms with Crippen LogP contribution in [-0.2, 0) is 10.7 Å². The molecule has 0 heterocycles. The van der Waals surface area contributed by atoms with Gasteiger partial charge in [-0.25, -0.2) is 0 Å². The molecule has 0 aliphatic heterocycles. The van der Waals surface area contributed by atoms with Crippen LogP contribution >= 0.6 is 15.9 Å². The first kappa shape index (κ1) is 10.6. The van der Waals surface area contributed by atoms with Gasteiger partial charge in [0, 0.05) is 16.3 Å². The molecular formula is C13H13BrO. The molecule has 2 rings (SSSR count). The predicted octanol–water partition coefficient (Wildman–Crippen LogP) is 3.61. The summed E-state index contributed by atoms with van der Waals surface area (Å²) in [6.45, 7) is 4.26. The lowest BCUT2D eigenvalue weighted by Gasteiger charge is -2.27. The summed E-state index contributed by atoms with van der Waals surface area (Å²) in [5, 5.41) is 0.789. The molecule has 0 amide bonds. The minimum absolute atomic E-state index is 0.0336. The molecule has 1 aliphatic rings. The highest BCUT2D eigenvalue weighted by Crippen LogP contribution is 2.32. The first-order valence-corrected chi connectivity index (χ1v) is 6.10. The lowest BCUT2D eigenvalue weighted by atomic mass is 9.76. The molecule has 0 N–H and O–H groups in total. The number of benzene rings is 1. The van der Waals surface area contributed by atoms with Gasteiger partial charge in [0.1, 0.15) is 0 Å². The van der Waals surface area contributed by atoms with Gasteiger partial charge in [-0.1, -0.05) is 48.0 Å². The van der Waals surface area contributed by atoms with E-state index >= 15 is 0 Å². The quantitative estimate of drug-likeness (QED) is 0.709. The van der Waals surface area contributed by atoms with Gasteiger partial charge in [-0.05, 0) is 23.3 Å². The number of carbonyl (C=O) groups is 1. The molecule has 0 saturated heterocycles. The summed E-state index contributed by atoms with van der Waals surface area (Å²) in [4.78, 5) is 11.7.